The molecule has 0 unspecified atom stereocenters. The van der Waals surface area contributed by atoms with Gasteiger partial charge in [0.05, 0.1) is 6.61 Å². The molecule has 2 N–H and O–H groups in total. The minimum absolute atomic E-state index is 0.0329. The van der Waals surface area contributed by atoms with Crippen LogP contribution in [0.4, 0.5) is 5.69 Å². The van der Waals surface area contributed by atoms with Crippen molar-refractivity contribution in [2.24, 2.45) is 5.41 Å². The van der Waals surface area contributed by atoms with E-state index < -0.39 is 0 Å². The number of amides is 2. The van der Waals surface area contributed by atoms with E-state index in [1.54, 1.807) is 17.0 Å². The van der Waals surface area contributed by atoms with E-state index in [1.165, 1.54) is 6.08 Å². The van der Waals surface area contributed by atoms with Gasteiger partial charge in [0.15, 0.2) is 0 Å². The van der Waals surface area contributed by atoms with Crippen LogP contribution in [0.3, 0.4) is 0 Å². The number of benzene rings is 1. The number of anilines is 1. The summed E-state index contributed by atoms with van der Waals surface area (Å²) in [6.45, 7) is 5.86. The zero-order valence-electron chi connectivity index (χ0n) is 15.0. The molecule has 6 heteroatoms. The molecule has 3 rings (SSSR count). The Labute approximate surface area is 153 Å². The number of aliphatic hydroxyl groups is 1. The van der Waals surface area contributed by atoms with Crippen LogP contribution < -0.4 is 10.2 Å². The highest BCUT2D eigenvalue weighted by atomic mass is 16.5. The quantitative estimate of drug-likeness (QED) is 0.785. The van der Waals surface area contributed by atoms with Gasteiger partial charge in [-0.15, -0.1) is 0 Å². The van der Waals surface area contributed by atoms with Gasteiger partial charge in [-0.05, 0) is 49.5 Å². The second kappa shape index (κ2) is 8.01. The first-order valence-electron chi connectivity index (χ1n) is 9.13. The van der Waals surface area contributed by atoms with Crippen LogP contribution in [0.5, 0.6) is 0 Å². The molecule has 1 aromatic rings. The fourth-order valence-corrected chi connectivity index (χ4v) is 3.73. The zero-order chi connectivity index (χ0) is 18.6. The number of ether oxygens (including phenoxy) is 1. The normalized spacial score (nSPS) is 18.7. The van der Waals surface area contributed by atoms with Gasteiger partial charge in [-0.25, -0.2) is 0 Å². The van der Waals surface area contributed by atoms with Gasteiger partial charge in [0.1, 0.15) is 0 Å². The molecule has 26 heavy (non-hydrogen) atoms. The van der Waals surface area contributed by atoms with Crippen molar-refractivity contribution in [3.63, 3.8) is 0 Å². The van der Waals surface area contributed by atoms with Crippen LogP contribution in [0.25, 0.3) is 0 Å². The molecule has 1 aromatic carbocycles. The van der Waals surface area contributed by atoms with Crippen molar-refractivity contribution < 1.29 is 19.4 Å². The van der Waals surface area contributed by atoms with Gasteiger partial charge in [0.25, 0.3) is 5.91 Å². The van der Waals surface area contributed by atoms with Crippen LogP contribution in [0.15, 0.2) is 30.9 Å². The number of fused-ring (bicyclic) bond motifs is 1. The predicted molar refractivity (Wildman–Crippen MR) is 99.2 cm³/mol. The second-order valence-electron chi connectivity index (χ2n) is 7.05. The molecule has 0 saturated carbocycles. The molecule has 0 aliphatic carbocycles. The Morgan fingerprint density at radius 2 is 2.12 bits per heavy atom. The maximum Gasteiger partial charge on any atom is 0.251 e. The fraction of sp³-hybridized carbons (Fsp3) is 0.500. The highest BCUT2D eigenvalue weighted by molar-refractivity contribution is 6.04. The number of rotatable bonds is 5. The number of hydrogen-bond donors (Lipinski definition) is 2. The van der Waals surface area contributed by atoms with Gasteiger partial charge in [-0.2, -0.15) is 0 Å². The third-order valence-electron chi connectivity index (χ3n) is 5.45. The molecule has 0 spiro atoms. The average molecular weight is 358 g/mol. The summed E-state index contributed by atoms with van der Waals surface area (Å²) in [5.74, 6) is -0.306. The third kappa shape index (κ3) is 3.66. The van der Waals surface area contributed by atoms with E-state index >= 15 is 0 Å². The molecule has 6 nitrogen and oxygen atoms in total. The Morgan fingerprint density at radius 3 is 2.81 bits per heavy atom. The average Bonchev–Trinajstić information content (AvgIpc) is 2.71. The number of aliphatic hydroxyl groups excluding tert-OH is 1. The SMILES string of the molecule is C=CC(=O)N1CCCc2c(C(=O)NCC3(CO)CCOCC3)cccc21. The molecule has 2 aliphatic heterocycles. The Hall–Kier alpha value is -2.18. The number of hydrogen-bond acceptors (Lipinski definition) is 4. The summed E-state index contributed by atoms with van der Waals surface area (Å²) in [6, 6.07) is 5.48. The maximum absolute atomic E-state index is 12.8. The molecule has 1 saturated heterocycles. The highest BCUT2D eigenvalue weighted by Gasteiger charge is 2.33. The zero-order valence-corrected chi connectivity index (χ0v) is 15.0. The van der Waals surface area contributed by atoms with Crippen molar-refractivity contribution in [3.8, 4) is 0 Å². The fourth-order valence-electron chi connectivity index (χ4n) is 3.73. The van der Waals surface area contributed by atoms with E-state index in [0.717, 1.165) is 36.9 Å². The summed E-state index contributed by atoms with van der Waals surface area (Å²) in [7, 11) is 0. The van der Waals surface area contributed by atoms with Crippen molar-refractivity contribution in [1.82, 2.24) is 5.32 Å². The van der Waals surface area contributed by atoms with Crippen molar-refractivity contribution in [2.45, 2.75) is 25.7 Å². The molecule has 140 valence electrons. The number of carbonyl (C=O) groups excluding carboxylic acids is 2. The van der Waals surface area contributed by atoms with E-state index in [1.807, 2.05) is 6.07 Å². The summed E-state index contributed by atoms with van der Waals surface area (Å²) in [6.07, 6.45) is 4.35. The first kappa shape index (κ1) is 18.6. The van der Waals surface area contributed by atoms with Gasteiger partial charge in [0, 0.05) is 43.0 Å². The molecule has 0 radical (unpaired) electrons. The maximum atomic E-state index is 12.8. The molecule has 2 aliphatic rings. The van der Waals surface area contributed by atoms with Gasteiger partial charge >= 0.3 is 0 Å². The van der Waals surface area contributed by atoms with Crippen molar-refractivity contribution in [3.05, 3.63) is 42.0 Å². The van der Waals surface area contributed by atoms with Gasteiger partial charge in [-0.1, -0.05) is 12.6 Å². The number of nitrogens with zero attached hydrogens (tertiary/aromatic N) is 1. The summed E-state index contributed by atoms with van der Waals surface area (Å²) < 4.78 is 5.37. The third-order valence-corrected chi connectivity index (χ3v) is 5.45. The first-order valence-corrected chi connectivity index (χ1v) is 9.13. The summed E-state index contributed by atoms with van der Waals surface area (Å²) in [5.41, 5.74) is 1.98. The lowest BCUT2D eigenvalue weighted by Gasteiger charge is -2.35. The van der Waals surface area contributed by atoms with Crippen molar-refractivity contribution >= 4 is 17.5 Å². The predicted octanol–water partition coefficient (Wildman–Crippen LogP) is 1.67. The van der Waals surface area contributed by atoms with Crippen molar-refractivity contribution in [1.29, 1.82) is 0 Å². The molecular weight excluding hydrogens is 332 g/mol. The van der Waals surface area contributed by atoms with Gasteiger partial charge in [-0.3, -0.25) is 9.59 Å². The summed E-state index contributed by atoms with van der Waals surface area (Å²) in [4.78, 5) is 26.6. The molecule has 2 amide bonds. The van der Waals surface area contributed by atoms with Crippen LogP contribution in [0, 0.1) is 5.41 Å². The Balaban J connectivity index is 1.78. The molecular formula is C20H26N2O4. The minimum Gasteiger partial charge on any atom is -0.396 e. The summed E-state index contributed by atoms with van der Waals surface area (Å²) >= 11 is 0. The van der Waals surface area contributed by atoms with E-state index in [0.29, 0.717) is 31.9 Å². The van der Waals surface area contributed by atoms with E-state index in [4.69, 9.17) is 4.74 Å². The van der Waals surface area contributed by atoms with Crippen LogP contribution in [0.1, 0.15) is 35.2 Å². The van der Waals surface area contributed by atoms with Crippen molar-refractivity contribution in [2.75, 3.05) is 37.8 Å². The monoisotopic (exact) mass is 358 g/mol. The van der Waals surface area contributed by atoms with Gasteiger partial charge in [0.2, 0.25) is 5.91 Å². The number of carbonyl (C=O) groups is 2. The first-order chi connectivity index (χ1) is 12.6. The van der Waals surface area contributed by atoms with E-state index in [2.05, 4.69) is 11.9 Å². The smallest absolute Gasteiger partial charge is 0.251 e. The van der Waals surface area contributed by atoms with Crippen LogP contribution in [-0.4, -0.2) is 49.8 Å². The summed E-state index contributed by atoms with van der Waals surface area (Å²) in [5, 5.41) is 12.8. The van der Waals surface area contributed by atoms with E-state index in [9.17, 15) is 14.7 Å². The van der Waals surface area contributed by atoms with Crippen LogP contribution in [-0.2, 0) is 16.0 Å². The molecule has 2 heterocycles. The van der Waals surface area contributed by atoms with Crippen LogP contribution in [0.2, 0.25) is 0 Å². The lowest BCUT2D eigenvalue weighted by atomic mass is 9.81. The number of nitrogens with one attached hydrogen (secondary N) is 1. The lowest BCUT2D eigenvalue weighted by molar-refractivity contribution is -0.114. The largest absolute Gasteiger partial charge is 0.396 e. The van der Waals surface area contributed by atoms with Crippen LogP contribution >= 0.6 is 0 Å². The lowest BCUT2D eigenvalue weighted by Crippen LogP contribution is -2.44. The Kier molecular flexibility index (Phi) is 5.74. The molecule has 0 bridgehead atoms. The topological polar surface area (TPSA) is 78.9 Å². The Morgan fingerprint density at radius 1 is 1.35 bits per heavy atom. The molecule has 0 aromatic heterocycles. The second-order valence-corrected chi connectivity index (χ2v) is 7.05. The van der Waals surface area contributed by atoms with E-state index in [-0.39, 0.29) is 23.8 Å². The standard InChI is InChI=1S/C20H26N2O4/c1-2-18(24)22-10-4-6-15-16(5-3-7-17(15)22)19(25)21-13-20(14-23)8-11-26-12-9-20/h2-3,5,7,23H,1,4,6,8-14H2,(H,21,25). The highest BCUT2D eigenvalue weighted by Crippen LogP contribution is 2.31. The molecule has 0 atom stereocenters. The Bertz CT molecular complexity index is 695. The van der Waals surface area contributed by atoms with Gasteiger partial charge < -0.3 is 20.1 Å². The molecule has 1 fully saturated rings. The minimum atomic E-state index is -0.312.